The highest BCUT2D eigenvalue weighted by Crippen LogP contribution is 2.15. The minimum Gasteiger partial charge on any atom is -0.458 e. The molecule has 0 spiro atoms. The van der Waals surface area contributed by atoms with Gasteiger partial charge in [0.1, 0.15) is 6.10 Å². The summed E-state index contributed by atoms with van der Waals surface area (Å²) in [5.41, 5.74) is 1.06. The van der Waals surface area contributed by atoms with Gasteiger partial charge in [-0.15, -0.1) is 0 Å². The molecule has 1 aromatic heterocycles. The molecule has 1 aromatic rings. The lowest BCUT2D eigenvalue weighted by Gasteiger charge is -2.32. The van der Waals surface area contributed by atoms with Crippen LogP contribution in [0, 0.1) is 0 Å². The van der Waals surface area contributed by atoms with Crippen LogP contribution in [0.3, 0.4) is 0 Å². The molecule has 0 aliphatic carbocycles. The second-order valence-electron chi connectivity index (χ2n) is 5.36. The number of likely N-dealkylation sites (tertiary alicyclic amines) is 1. The van der Waals surface area contributed by atoms with E-state index in [9.17, 15) is 9.59 Å². The van der Waals surface area contributed by atoms with Gasteiger partial charge in [-0.25, -0.2) is 9.97 Å². The van der Waals surface area contributed by atoms with Crippen LogP contribution in [0.1, 0.15) is 32.3 Å². The van der Waals surface area contributed by atoms with Crippen LogP contribution in [0.5, 0.6) is 6.01 Å². The molecular formula is C15H22N4O3. The van der Waals surface area contributed by atoms with E-state index in [4.69, 9.17) is 4.74 Å². The van der Waals surface area contributed by atoms with Crippen molar-refractivity contribution in [3.05, 3.63) is 18.0 Å². The van der Waals surface area contributed by atoms with Crippen LogP contribution >= 0.6 is 0 Å². The Morgan fingerprint density at radius 2 is 2.14 bits per heavy atom. The smallest absolute Gasteiger partial charge is 0.316 e. The molecule has 0 saturated carbocycles. The number of hydrogen-bond acceptors (Lipinski definition) is 5. The van der Waals surface area contributed by atoms with E-state index in [-0.39, 0.29) is 24.5 Å². The van der Waals surface area contributed by atoms with Gasteiger partial charge in [0.2, 0.25) is 11.8 Å². The van der Waals surface area contributed by atoms with Crippen molar-refractivity contribution in [2.24, 2.45) is 0 Å². The van der Waals surface area contributed by atoms with Crippen LogP contribution < -0.4 is 10.1 Å². The molecule has 7 nitrogen and oxygen atoms in total. The van der Waals surface area contributed by atoms with Gasteiger partial charge in [0.05, 0.1) is 13.1 Å². The molecule has 1 saturated heterocycles. The predicted octanol–water partition coefficient (Wildman–Crippen LogP) is 0.545. The number of rotatable bonds is 5. The molecule has 7 heteroatoms. The van der Waals surface area contributed by atoms with Crippen LogP contribution in [0.2, 0.25) is 0 Å². The fourth-order valence-corrected chi connectivity index (χ4v) is 2.31. The lowest BCUT2D eigenvalue weighted by Crippen LogP contribution is -2.47. The molecule has 1 fully saturated rings. The Morgan fingerprint density at radius 1 is 1.41 bits per heavy atom. The SMILES string of the molecule is CCc1cnc(OC2CCCN(C(=O)CNC(C)=O)C2)nc1. The molecule has 120 valence electrons. The second-order valence-corrected chi connectivity index (χ2v) is 5.36. The molecular weight excluding hydrogens is 284 g/mol. The van der Waals surface area contributed by atoms with E-state index in [0.29, 0.717) is 19.1 Å². The van der Waals surface area contributed by atoms with Crippen molar-refractivity contribution >= 4 is 11.8 Å². The van der Waals surface area contributed by atoms with E-state index in [0.717, 1.165) is 24.8 Å². The van der Waals surface area contributed by atoms with Gasteiger partial charge < -0.3 is 15.0 Å². The number of aryl methyl sites for hydroxylation is 1. The Balaban J connectivity index is 1.86. The summed E-state index contributed by atoms with van der Waals surface area (Å²) in [6.45, 7) is 4.65. The van der Waals surface area contributed by atoms with Crippen LogP contribution in [0.15, 0.2) is 12.4 Å². The monoisotopic (exact) mass is 306 g/mol. The largest absolute Gasteiger partial charge is 0.458 e. The second kappa shape index (κ2) is 7.72. The lowest BCUT2D eigenvalue weighted by atomic mass is 10.1. The van der Waals surface area contributed by atoms with Crippen molar-refractivity contribution in [2.75, 3.05) is 19.6 Å². The molecule has 2 heterocycles. The van der Waals surface area contributed by atoms with Crippen LogP contribution in [0.4, 0.5) is 0 Å². The van der Waals surface area contributed by atoms with Crippen LogP contribution in [-0.4, -0.2) is 52.4 Å². The van der Waals surface area contributed by atoms with Crippen LogP contribution in [-0.2, 0) is 16.0 Å². The van der Waals surface area contributed by atoms with Gasteiger partial charge in [-0.1, -0.05) is 6.92 Å². The van der Waals surface area contributed by atoms with E-state index in [2.05, 4.69) is 15.3 Å². The molecule has 22 heavy (non-hydrogen) atoms. The third-order valence-corrected chi connectivity index (χ3v) is 3.58. The molecule has 1 unspecified atom stereocenters. The zero-order valence-electron chi connectivity index (χ0n) is 13.0. The van der Waals surface area contributed by atoms with E-state index in [1.54, 1.807) is 17.3 Å². The van der Waals surface area contributed by atoms with Gasteiger partial charge in [0.25, 0.3) is 0 Å². The summed E-state index contributed by atoms with van der Waals surface area (Å²) in [7, 11) is 0. The third-order valence-electron chi connectivity index (χ3n) is 3.58. The lowest BCUT2D eigenvalue weighted by molar-refractivity contribution is -0.134. The normalized spacial score (nSPS) is 17.9. The van der Waals surface area contributed by atoms with Crippen molar-refractivity contribution in [1.82, 2.24) is 20.2 Å². The molecule has 1 aliphatic rings. The number of aromatic nitrogens is 2. The molecule has 1 atom stereocenters. The number of nitrogens with zero attached hydrogens (tertiary/aromatic N) is 3. The first-order valence-electron chi connectivity index (χ1n) is 7.58. The molecule has 0 radical (unpaired) electrons. The third kappa shape index (κ3) is 4.68. The Labute approximate surface area is 130 Å². The van der Waals surface area contributed by atoms with Crippen molar-refractivity contribution < 1.29 is 14.3 Å². The van der Waals surface area contributed by atoms with Crippen molar-refractivity contribution in [2.45, 2.75) is 39.2 Å². The van der Waals surface area contributed by atoms with Gasteiger partial charge in [-0.3, -0.25) is 9.59 Å². The zero-order valence-corrected chi connectivity index (χ0v) is 13.0. The first-order valence-corrected chi connectivity index (χ1v) is 7.58. The average molecular weight is 306 g/mol. The predicted molar refractivity (Wildman–Crippen MR) is 80.3 cm³/mol. The summed E-state index contributed by atoms with van der Waals surface area (Å²) in [6.07, 6.45) is 6.01. The summed E-state index contributed by atoms with van der Waals surface area (Å²) in [5.74, 6) is -0.298. The van der Waals surface area contributed by atoms with E-state index in [1.165, 1.54) is 6.92 Å². The van der Waals surface area contributed by atoms with Crippen molar-refractivity contribution in [3.8, 4) is 6.01 Å². The quantitative estimate of drug-likeness (QED) is 0.858. The maximum absolute atomic E-state index is 12.0. The fourth-order valence-electron chi connectivity index (χ4n) is 2.31. The molecule has 1 aliphatic heterocycles. The minimum absolute atomic E-state index is 0.0315. The maximum atomic E-state index is 12.0. The molecule has 0 aromatic carbocycles. The number of amides is 2. The zero-order chi connectivity index (χ0) is 15.9. The molecule has 2 rings (SSSR count). The Morgan fingerprint density at radius 3 is 2.77 bits per heavy atom. The minimum atomic E-state index is -0.206. The molecule has 0 bridgehead atoms. The number of nitrogens with one attached hydrogen (secondary N) is 1. The number of hydrogen-bond donors (Lipinski definition) is 1. The Kier molecular flexibility index (Phi) is 5.68. The highest BCUT2D eigenvalue weighted by atomic mass is 16.5. The van der Waals surface area contributed by atoms with E-state index in [1.807, 2.05) is 6.92 Å². The van der Waals surface area contributed by atoms with Gasteiger partial charge in [-0.05, 0) is 24.8 Å². The molecule has 2 amide bonds. The van der Waals surface area contributed by atoms with Gasteiger partial charge in [0, 0.05) is 25.9 Å². The highest BCUT2D eigenvalue weighted by molar-refractivity contribution is 5.83. The van der Waals surface area contributed by atoms with E-state index >= 15 is 0 Å². The summed E-state index contributed by atoms with van der Waals surface area (Å²) in [6, 6.07) is 0.346. The summed E-state index contributed by atoms with van der Waals surface area (Å²) in [4.78, 5) is 32.9. The molecule has 1 N–H and O–H groups in total. The topological polar surface area (TPSA) is 84.4 Å². The van der Waals surface area contributed by atoms with Crippen molar-refractivity contribution in [1.29, 1.82) is 0 Å². The number of piperidine rings is 1. The van der Waals surface area contributed by atoms with E-state index < -0.39 is 0 Å². The highest BCUT2D eigenvalue weighted by Gasteiger charge is 2.25. The Bertz CT molecular complexity index is 518. The van der Waals surface area contributed by atoms with Gasteiger partial charge >= 0.3 is 6.01 Å². The van der Waals surface area contributed by atoms with Crippen LogP contribution in [0.25, 0.3) is 0 Å². The summed E-state index contributed by atoms with van der Waals surface area (Å²) in [5, 5.41) is 2.52. The number of carbonyl (C=O) groups excluding carboxylic acids is 2. The van der Waals surface area contributed by atoms with Gasteiger partial charge in [-0.2, -0.15) is 0 Å². The standard InChI is InChI=1S/C15H22N4O3/c1-3-12-7-17-15(18-8-12)22-13-5-4-6-19(10-13)14(21)9-16-11(2)20/h7-8,13H,3-6,9-10H2,1-2H3,(H,16,20). The maximum Gasteiger partial charge on any atom is 0.316 e. The first-order chi connectivity index (χ1) is 10.6. The first kappa shape index (κ1) is 16.2. The Hall–Kier alpha value is -2.18. The fraction of sp³-hybridized carbons (Fsp3) is 0.600. The summed E-state index contributed by atoms with van der Waals surface area (Å²) < 4.78 is 5.76. The number of ether oxygens (including phenoxy) is 1. The average Bonchev–Trinajstić information content (AvgIpc) is 2.53. The van der Waals surface area contributed by atoms with Crippen molar-refractivity contribution in [3.63, 3.8) is 0 Å². The number of carbonyl (C=O) groups is 2. The summed E-state index contributed by atoms with van der Waals surface area (Å²) >= 11 is 0. The van der Waals surface area contributed by atoms with Gasteiger partial charge in [0.15, 0.2) is 0 Å².